The van der Waals surface area contributed by atoms with Crippen LogP contribution in [0, 0.1) is 0 Å². The average Bonchev–Trinajstić information content (AvgIpc) is 2.98. The van der Waals surface area contributed by atoms with Gasteiger partial charge in [0.15, 0.2) is 0 Å². The standard InChI is InChI=1S/C14H20N2O3S/c1-3-18-14(17)9-4-5-11-12(9)15-13(20-11)10-8-16(2)6-7-19-10/h9-10H,3-8H2,1-2H3. The van der Waals surface area contributed by atoms with E-state index in [2.05, 4.69) is 11.9 Å². The molecule has 20 heavy (non-hydrogen) atoms. The van der Waals surface area contributed by atoms with E-state index in [1.807, 2.05) is 6.92 Å². The molecule has 110 valence electrons. The average molecular weight is 296 g/mol. The molecule has 0 aromatic carbocycles. The van der Waals surface area contributed by atoms with Crippen LogP contribution in [0.3, 0.4) is 0 Å². The minimum atomic E-state index is -0.170. The molecule has 1 fully saturated rings. The summed E-state index contributed by atoms with van der Waals surface area (Å²) in [6.07, 6.45) is 1.81. The van der Waals surface area contributed by atoms with Gasteiger partial charge in [0.05, 0.1) is 18.9 Å². The van der Waals surface area contributed by atoms with Gasteiger partial charge in [0.1, 0.15) is 17.0 Å². The summed E-state index contributed by atoms with van der Waals surface area (Å²) in [5.41, 5.74) is 0.931. The first kappa shape index (κ1) is 14.0. The van der Waals surface area contributed by atoms with Gasteiger partial charge in [-0.2, -0.15) is 0 Å². The topological polar surface area (TPSA) is 51.7 Å². The Balaban J connectivity index is 1.77. The summed E-state index contributed by atoms with van der Waals surface area (Å²) in [5.74, 6) is -0.305. The fraction of sp³-hybridized carbons (Fsp3) is 0.714. The summed E-state index contributed by atoms with van der Waals surface area (Å²) in [4.78, 5) is 20.1. The van der Waals surface area contributed by atoms with Crippen LogP contribution in [0.2, 0.25) is 0 Å². The predicted molar refractivity (Wildman–Crippen MR) is 76.0 cm³/mol. The summed E-state index contributed by atoms with van der Waals surface area (Å²) in [6, 6.07) is 0. The number of likely N-dealkylation sites (N-methyl/N-ethyl adjacent to an activating group) is 1. The fourth-order valence-corrected chi connectivity index (χ4v) is 3.97. The first-order chi connectivity index (χ1) is 9.69. The summed E-state index contributed by atoms with van der Waals surface area (Å²) in [7, 11) is 2.10. The molecule has 5 nitrogen and oxygen atoms in total. The van der Waals surface area contributed by atoms with Crippen LogP contribution in [0.4, 0.5) is 0 Å². The van der Waals surface area contributed by atoms with Crippen LogP contribution < -0.4 is 0 Å². The minimum Gasteiger partial charge on any atom is -0.465 e. The Morgan fingerprint density at radius 1 is 1.60 bits per heavy atom. The van der Waals surface area contributed by atoms with Crippen LogP contribution in [0.25, 0.3) is 0 Å². The molecule has 0 N–H and O–H groups in total. The van der Waals surface area contributed by atoms with E-state index in [4.69, 9.17) is 14.5 Å². The summed E-state index contributed by atoms with van der Waals surface area (Å²) >= 11 is 1.70. The van der Waals surface area contributed by atoms with E-state index < -0.39 is 0 Å². The number of hydrogen-bond donors (Lipinski definition) is 0. The van der Waals surface area contributed by atoms with Gasteiger partial charge in [-0.05, 0) is 26.8 Å². The van der Waals surface area contributed by atoms with Gasteiger partial charge < -0.3 is 14.4 Å². The molecule has 1 aromatic heterocycles. The number of carbonyl (C=O) groups excluding carboxylic acids is 1. The minimum absolute atomic E-state index is 0.0483. The van der Waals surface area contributed by atoms with Crippen LogP contribution in [0.5, 0.6) is 0 Å². The monoisotopic (exact) mass is 296 g/mol. The third-order valence-electron chi connectivity index (χ3n) is 3.85. The maximum absolute atomic E-state index is 11.9. The van der Waals surface area contributed by atoms with Crippen molar-refractivity contribution >= 4 is 17.3 Å². The molecule has 3 rings (SSSR count). The van der Waals surface area contributed by atoms with Gasteiger partial charge >= 0.3 is 5.97 Å². The molecular weight excluding hydrogens is 276 g/mol. The predicted octanol–water partition coefficient (Wildman–Crippen LogP) is 1.74. The Morgan fingerprint density at radius 3 is 3.20 bits per heavy atom. The molecule has 1 saturated heterocycles. The molecule has 6 heteroatoms. The molecule has 0 spiro atoms. The Kier molecular flexibility index (Phi) is 4.05. The molecule has 1 aliphatic carbocycles. The van der Waals surface area contributed by atoms with Crippen molar-refractivity contribution in [3.63, 3.8) is 0 Å². The van der Waals surface area contributed by atoms with Crippen molar-refractivity contribution in [3.8, 4) is 0 Å². The molecule has 2 unspecified atom stereocenters. The number of hydrogen-bond acceptors (Lipinski definition) is 6. The lowest BCUT2D eigenvalue weighted by Crippen LogP contribution is -2.35. The third kappa shape index (κ3) is 2.60. The summed E-state index contributed by atoms with van der Waals surface area (Å²) in [6.45, 7) is 4.85. The Hall–Kier alpha value is -0.980. The lowest BCUT2D eigenvalue weighted by atomic mass is 10.1. The quantitative estimate of drug-likeness (QED) is 0.795. The van der Waals surface area contributed by atoms with Gasteiger partial charge in [0.2, 0.25) is 0 Å². The molecule has 0 radical (unpaired) electrons. The lowest BCUT2D eigenvalue weighted by Gasteiger charge is -2.28. The first-order valence-electron chi connectivity index (χ1n) is 7.15. The summed E-state index contributed by atoms with van der Waals surface area (Å²) in [5, 5.41) is 1.01. The number of carbonyl (C=O) groups is 1. The van der Waals surface area contributed by atoms with Gasteiger partial charge in [-0.1, -0.05) is 0 Å². The van der Waals surface area contributed by atoms with Crippen molar-refractivity contribution in [1.82, 2.24) is 9.88 Å². The van der Waals surface area contributed by atoms with E-state index >= 15 is 0 Å². The Bertz CT molecular complexity index is 503. The zero-order chi connectivity index (χ0) is 14.1. The maximum Gasteiger partial charge on any atom is 0.315 e. The lowest BCUT2D eigenvalue weighted by molar-refractivity contribution is -0.145. The maximum atomic E-state index is 11.9. The SMILES string of the molecule is CCOC(=O)C1CCc2sc(C3CN(C)CCO3)nc21. The summed E-state index contributed by atoms with van der Waals surface area (Å²) < 4.78 is 10.9. The second kappa shape index (κ2) is 5.79. The number of aryl methyl sites for hydroxylation is 1. The van der Waals surface area contributed by atoms with Crippen molar-refractivity contribution in [3.05, 3.63) is 15.6 Å². The van der Waals surface area contributed by atoms with Gasteiger partial charge in [-0.25, -0.2) is 4.98 Å². The van der Waals surface area contributed by atoms with Crippen LogP contribution in [0.15, 0.2) is 0 Å². The zero-order valence-electron chi connectivity index (χ0n) is 11.9. The first-order valence-corrected chi connectivity index (χ1v) is 7.97. The number of thiazole rings is 1. The molecule has 2 atom stereocenters. The highest BCUT2D eigenvalue weighted by molar-refractivity contribution is 7.11. The number of esters is 1. The van der Waals surface area contributed by atoms with Gasteiger partial charge in [0, 0.05) is 18.0 Å². The van der Waals surface area contributed by atoms with Crippen molar-refractivity contribution in [1.29, 1.82) is 0 Å². The Morgan fingerprint density at radius 2 is 2.45 bits per heavy atom. The number of morpholine rings is 1. The molecule has 1 aromatic rings. The second-order valence-corrected chi connectivity index (χ2v) is 6.44. The van der Waals surface area contributed by atoms with Crippen molar-refractivity contribution in [2.75, 3.05) is 33.4 Å². The van der Waals surface area contributed by atoms with Gasteiger partial charge in [-0.3, -0.25) is 4.79 Å². The second-order valence-electron chi connectivity index (χ2n) is 5.33. The zero-order valence-corrected chi connectivity index (χ0v) is 12.7. The van der Waals surface area contributed by atoms with E-state index in [1.54, 1.807) is 11.3 Å². The van der Waals surface area contributed by atoms with E-state index in [0.717, 1.165) is 43.2 Å². The molecule has 2 heterocycles. The van der Waals surface area contributed by atoms with Crippen molar-refractivity contribution in [2.45, 2.75) is 31.8 Å². The molecule has 0 amide bonds. The number of aromatic nitrogens is 1. The largest absolute Gasteiger partial charge is 0.465 e. The normalized spacial score (nSPS) is 26.5. The highest BCUT2D eigenvalue weighted by atomic mass is 32.1. The number of rotatable bonds is 3. The highest BCUT2D eigenvalue weighted by Crippen LogP contribution is 2.39. The van der Waals surface area contributed by atoms with Crippen LogP contribution in [-0.2, 0) is 20.7 Å². The number of nitrogens with zero attached hydrogens (tertiary/aromatic N) is 2. The molecule has 2 aliphatic rings. The fourth-order valence-electron chi connectivity index (χ4n) is 2.78. The van der Waals surface area contributed by atoms with E-state index in [1.165, 1.54) is 4.88 Å². The third-order valence-corrected chi connectivity index (χ3v) is 5.07. The van der Waals surface area contributed by atoms with Gasteiger partial charge in [-0.15, -0.1) is 11.3 Å². The number of ether oxygens (including phenoxy) is 2. The van der Waals surface area contributed by atoms with E-state index in [9.17, 15) is 4.79 Å². The molecule has 0 saturated carbocycles. The molecule has 1 aliphatic heterocycles. The van der Waals surface area contributed by atoms with Gasteiger partial charge in [0.25, 0.3) is 0 Å². The smallest absolute Gasteiger partial charge is 0.315 e. The Labute approximate surface area is 122 Å². The molecule has 0 bridgehead atoms. The molecular formula is C14H20N2O3S. The van der Waals surface area contributed by atoms with Crippen LogP contribution in [0.1, 0.15) is 40.9 Å². The van der Waals surface area contributed by atoms with Crippen LogP contribution in [-0.4, -0.2) is 49.2 Å². The van der Waals surface area contributed by atoms with Crippen LogP contribution >= 0.6 is 11.3 Å². The van der Waals surface area contributed by atoms with E-state index in [-0.39, 0.29) is 18.0 Å². The van der Waals surface area contributed by atoms with E-state index in [0.29, 0.717) is 6.61 Å². The van der Waals surface area contributed by atoms with Crippen molar-refractivity contribution < 1.29 is 14.3 Å². The number of fused-ring (bicyclic) bond motifs is 1. The van der Waals surface area contributed by atoms with Crippen molar-refractivity contribution in [2.24, 2.45) is 0 Å². The highest BCUT2D eigenvalue weighted by Gasteiger charge is 2.35.